The van der Waals surface area contributed by atoms with E-state index < -0.39 is 0 Å². The number of carbonyl (C=O) groups excluding carboxylic acids is 1. The average molecular weight is 205 g/mol. The maximum atomic E-state index is 12.0. The molecule has 0 aliphatic rings. The number of nitrogens with zero attached hydrogens (tertiary/aromatic N) is 1. The lowest BCUT2D eigenvalue weighted by atomic mass is 9.99. The fourth-order valence-electron chi connectivity index (χ4n) is 1.61. The Balaban J connectivity index is 3.19. The zero-order chi connectivity index (χ0) is 11.6. The van der Waals surface area contributed by atoms with E-state index in [0.29, 0.717) is 0 Å². The molecular weight excluding hydrogens is 186 g/mol. The van der Waals surface area contributed by atoms with E-state index in [9.17, 15) is 4.79 Å². The summed E-state index contributed by atoms with van der Waals surface area (Å²) in [6.07, 6.45) is 0. The van der Waals surface area contributed by atoms with Crippen LogP contribution in [0.25, 0.3) is 0 Å². The summed E-state index contributed by atoms with van der Waals surface area (Å²) in [6, 6.07) is 4.08. The van der Waals surface area contributed by atoms with Gasteiger partial charge in [-0.3, -0.25) is 4.79 Å². The van der Waals surface area contributed by atoms with E-state index in [1.807, 2.05) is 40.8 Å². The SMILES string of the molecule is CCN(C)C(=O)c1cc(C)cc(C)c1C. The summed E-state index contributed by atoms with van der Waals surface area (Å²) in [5.74, 6) is 0.113. The molecule has 0 spiro atoms. The second-order valence-corrected chi connectivity index (χ2v) is 4.07. The first-order chi connectivity index (χ1) is 6.97. The van der Waals surface area contributed by atoms with Crippen LogP contribution < -0.4 is 0 Å². The maximum absolute atomic E-state index is 12.0. The highest BCUT2D eigenvalue weighted by molar-refractivity contribution is 5.96. The first-order valence-corrected chi connectivity index (χ1v) is 5.30. The van der Waals surface area contributed by atoms with E-state index >= 15 is 0 Å². The van der Waals surface area contributed by atoms with E-state index in [4.69, 9.17) is 0 Å². The molecule has 0 aliphatic carbocycles. The van der Waals surface area contributed by atoms with Gasteiger partial charge in [0.2, 0.25) is 0 Å². The smallest absolute Gasteiger partial charge is 0.253 e. The molecule has 2 nitrogen and oxygen atoms in total. The highest BCUT2D eigenvalue weighted by Gasteiger charge is 2.14. The molecule has 0 fully saturated rings. The number of rotatable bonds is 2. The van der Waals surface area contributed by atoms with Crippen molar-refractivity contribution in [3.63, 3.8) is 0 Å². The molecule has 2 heteroatoms. The Morgan fingerprint density at radius 3 is 2.40 bits per heavy atom. The Kier molecular flexibility index (Phi) is 3.51. The molecule has 0 unspecified atom stereocenters. The summed E-state index contributed by atoms with van der Waals surface area (Å²) in [7, 11) is 1.83. The number of hydrogen-bond donors (Lipinski definition) is 0. The van der Waals surface area contributed by atoms with Gasteiger partial charge in [-0.2, -0.15) is 0 Å². The van der Waals surface area contributed by atoms with Gasteiger partial charge in [0, 0.05) is 19.2 Å². The summed E-state index contributed by atoms with van der Waals surface area (Å²) in [6.45, 7) is 8.80. The van der Waals surface area contributed by atoms with Crippen LogP contribution in [-0.2, 0) is 0 Å². The van der Waals surface area contributed by atoms with Gasteiger partial charge in [0.1, 0.15) is 0 Å². The molecule has 1 aromatic carbocycles. The molecule has 0 heterocycles. The molecule has 1 amide bonds. The zero-order valence-electron chi connectivity index (χ0n) is 10.2. The van der Waals surface area contributed by atoms with Gasteiger partial charge in [0.25, 0.3) is 5.91 Å². The van der Waals surface area contributed by atoms with E-state index in [2.05, 4.69) is 6.07 Å². The molecule has 0 aliphatic heterocycles. The summed E-state index contributed by atoms with van der Waals surface area (Å²) >= 11 is 0. The van der Waals surface area contributed by atoms with Gasteiger partial charge in [-0.25, -0.2) is 0 Å². The lowest BCUT2D eigenvalue weighted by Gasteiger charge is -2.17. The quantitative estimate of drug-likeness (QED) is 0.727. The van der Waals surface area contributed by atoms with Crippen LogP contribution in [0, 0.1) is 20.8 Å². The van der Waals surface area contributed by atoms with Gasteiger partial charge in [-0.15, -0.1) is 0 Å². The minimum atomic E-state index is 0.113. The highest BCUT2D eigenvalue weighted by atomic mass is 16.2. The lowest BCUT2D eigenvalue weighted by Crippen LogP contribution is -2.27. The molecule has 0 saturated heterocycles. The Labute approximate surface area is 91.9 Å². The Morgan fingerprint density at radius 1 is 1.27 bits per heavy atom. The molecule has 15 heavy (non-hydrogen) atoms. The highest BCUT2D eigenvalue weighted by Crippen LogP contribution is 2.17. The third kappa shape index (κ3) is 2.38. The molecule has 0 bridgehead atoms. The van der Waals surface area contributed by atoms with Crippen molar-refractivity contribution in [1.29, 1.82) is 0 Å². The predicted molar refractivity (Wildman–Crippen MR) is 63.3 cm³/mol. The second kappa shape index (κ2) is 4.47. The zero-order valence-corrected chi connectivity index (χ0v) is 10.2. The molecular formula is C13H19NO. The molecule has 0 N–H and O–H groups in total. The van der Waals surface area contributed by atoms with Gasteiger partial charge in [0.15, 0.2) is 0 Å². The molecule has 0 saturated carbocycles. The summed E-state index contributed by atoms with van der Waals surface area (Å²) in [5.41, 5.74) is 4.25. The van der Waals surface area contributed by atoms with Crippen molar-refractivity contribution < 1.29 is 4.79 Å². The average Bonchev–Trinajstić information content (AvgIpc) is 2.21. The normalized spacial score (nSPS) is 10.2. The van der Waals surface area contributed by atoms with Crippen molar-refractivity contribution in [3.05, 3.63) is 34.4 Å². The van der Waals surface area contributed by atoms with Crippen LogP contribution in [0.3, 0.4) is 0 Å². The summed E-state index contributed by atoms with van der Waals surface area (Å²) < 4.78 is 0. The van der Waals surface area contributed by atoms with Crippen molar-refractivity contribution in [2.24, 2.45) is 0 Å². The number of hydrogen-bond acceptors (Lipinski definition) is 1. The first-order valence-electron chi connectivity index (χ1n) is 5.30. The van der Waals surface area contributed by atoms with Gasteiger partial charge in [0.05, 0.1) is 0 Å². The van der Waals surface area contributed by atoms with E-state index in [-0.39, 0.29) is 5.91 Å². The van der Waals surface area contributed by atoms with Crippen LogP contribution in [0.2, 0.25) is 0 Å². The van der Waals surface area contributed by atoms with Crippen molar-refractivity contribution in [3.8, 4) is 0 Å². The summed E-state index contributed by atoms with van der Waals surface area (Å²) in [5, 5.41) is 0. The maximum Gasteiger partial charge on any atom is 0.253 e. The van der Waals surface area contributed by atoms with Gasteiger partial charge in [-0.05, 0) is 44.9 Å². The van der Waals surface area contributed by atoms with Crippen LogP contribution >= 0.6 is 0 Å². The van der Waals surface area contributed by atoms with E-state index in [1.165, 1.54) is 5.56 Å². The van der Waals surface area contributed by atoms with Crippen LogP contribution in [0.15, 0.2) is 12.1 Å². The number of benzene rings is 1. The molecule has 1 aromatic rings. The van der Waals surface area contributed by atoms with Crippen LogP contribution in [0.5, 0.6) is 0 Å². The van der Waals surface area contributed by atoms with Gasteiger partial charge < -0.3 is 4.90 Å². The standard InChI is InChI=1S/C13H19NO/c1-6-14(5)13(15)12-8-9(2)7-10(3)11(12)4/h7-8H,6H2,1-5H3. The van der Waals surface area contributed by atoms with Crippen molar-refractivity contribution >= 4 is 5.91 Å². The second-order valence-electron chi connectivity index (χ2n) is 4.07. The molecule has 0 aromatic heterocycles. The molecule has 1 rings (SSSR count). The predicted octanol–water partition coefficient (Wildman–Crippen LogP) is 2.70. The third-order valence-corrected chi connectivity index (χ3v) is 2.86. The minimum Gasteiger partial charge on any atom is -0.342 e. The Morgan fingerprint density at radius 2 is 1.87 bits per heavy atom. The van der Waals surface area contributed by atoms with E-state index in [1.54, 1.807) is 4.90 Å². The topological polar surface area (TPSA) is 20.3 Å². The van der Waals surface area contributed by atoms with Crippen molar-refractivity contribution in [1.82, 2.24) is 4.90 Å². The molecule has 82 valence electrons. The largest absolute Gasteiger partial charge is 0.342 e. The fourth-order valence-corrected chi connectivity index (χ4v) is 1.61. The first kappa shape index (κ1) is 11.8. The molecule has 0 radical (unpaired) electrons. The third-order valence-electron chi connectivity index (χ3n) is 2.86. The fraction of sp³-hybridized carbons (Fsp3) is 0.462. The monoisotopic (exact) mass is 205 g/mol. The Hall–Kier alpha value is -1.31. The van der Waals surface area contributed by atoms with Crippen LogP contribution in [0.4, 0.5) is 0 Å². The van der Waals surface area contributed by atoms with Crippen LogP contribution in [-0.4, -0.2) is 24.4 Å². The number of carbonyl (C=O) groups is 1. The minimum absolute atomic E-state index is 0.113. The van der Waals surface area contributed by atoms with Crippen LogP contribution in [0.1, 0.15) is 34.0 Å². The lowest BCUT2D eigenvalue weighted by molar-refractivity contribution is 0.0801. The van der Waals surface area contributed by atoms with E-state index in [0.717, 1.165) is 23.2 Å². The number of amides is 1. The van der Waals surface area contributed by atoms with Crippen molar-refractivity contribution in [2.45, 2.75) is 27.7 Å². The van der Waals surface area contributed by atoms with Crippen molar-refractivity contribution in [2.75, 3.05) is 13.6 Å². The summed E-state index contributed by atoms with van der Waals surface area (Å²) in [4.78, 5) is 13.8. The molecule has 0 atom stereocenters. The Bertz CT molecular complexity index is 382. The number of aryl methyl sites for hydroxylation is 2. The van der Waals surface area contributed by atoms with Gasteiger partial charge in [-0.1, -0.05) is 11.6 Å². The van der Waals surface area contributed by atoms with Gasteiger partial charge >= 0.3 is 0 Å².